The molecular weight excluding hydrogens is 212 g/mol. The number of nitrogens with one attached hydrogen (secondary N) is 1. The Morgan fingerprint density at radius 1 is 1.35 bits per heavy atom. The van der Waals surface area contributed by atoms with E-state index in [0.717, 1.165) is 24.8 Å². The van der Waals surface area contributed by atoms with E-state index in [2.05, 4.69) is 17.5 Å². The SMILES string of the molecule is NC(=O)c1ccccc1CNC1CC=CCC1. The highest BCUT2D eigenvalue weighted by atomic mass is 16.1. The van der Waals surface area contributed by atoms with Gasteiger partial charge in [-0.25, -0.2) is 0 Å². The third-order valence-corrected chi connectivity index (χ3v) is 3.13. The van der Waals surface area contributed by atoms with Crippen LogP contribution in [0.15, 0.2) is 36.4 Å². The van der Waals surface area contributed by atoms with Crippen LogP contribution in [0.25, 0.3) is 0 Å². The third kappa shape index (κ3) is 3.17. The number of nitrogens with two attached hydrogens (primary N) is 1. The second kappa shape index (κ2) is 5.64. The molecule has 0 heterocycles. The summed E-state index contributed by atoms with van der Waals surface area (Å²) in [7, 11) is 0. The maximum atomic E-state index is 11.3. The largest absolute Gasteiger partial charge is 0.366 e. The third-order valence-electron chi connectivity index (χ3n) is 3.13. The molecule has 1 amide bonds. The van der Waals surface area contributed by atoms with Crippen LogP contribution < -0.4 is 11.1 Å². The lowest BCUT2D eigenvalue weighted by Crippen LogP contribution is -2.30. The fraction of sp³-hybridized carbons (Fsp3) is 0.357. The molecule has 17 heavy (non-hydrogen) atoms. The summed E-state index contributed by atoms with van der Waals surface area (Å²) in [5, 5.41) is 3.47. The van der Waals surface area contributed by atoms with Gasteiger partial charge >= 0.3 is 0 Å². The van der Waals surface area contributed by atoms with Gasteiger partial charge in [-0.05, 0) is 30.9 Å². The second-order valence-electron chi connectivity index (χ2n) is 4.38. The number of amides is 1. The molecule has 2 rings (SSSR count). The highest BCUT2D eigenvalue weighted by Crippen LogP contribution is 2.13. The van der Waals surface area contributed by atoms with E-state index in [1.54, 1.807) is 6.07 Å². The summed E-state index contributed by atoms with van der Waals surface area (Å²) in [6.45, 7) is 0.706. The lowest BCUT2D eigenvalue weighted by molar-refractivity contribution is 0.0999. The number of hydrogen-bond donors (Lipinski definition) is 2. The molecule has 1 aromatic carbocycles. The van der Waals surface area contributed by atoms with Crippen LogP contribution in [0.3, 0.4) is 0 Å². The number of benzene rings is 1. The number of hydrogen-bond acceptors (Lipinski definition) is 2. The average Bonchev–Trinajstić information content (AvgIpc) is 2.38. The van der Waals surface area contributed by atoms with Crippen LogP contribution >= 0.6 is 0 Å². The second-order valence-corrected chi connectivity index (χ2v) is 4.38. The summed E-state index contributed by atoms with van der Waals surface area (Å²) in [5.41, 5.74) is 6.94. The first-order valence-electron chi connectivity index (χ1n) is 6.03. The molecule has 1 aromatic rings. The Morgan fingerprint density at radius 3 is 2.88 bits per heavy atom. The minimum absolute atomic E-state index is 0.356. The highest BCUT2D eigenvalue weighted by molar-refractivity contribution is 5.94. The highest BCUT2D eigenvalue weighted by Gasteiger charge is 2.11. The van der Waals surface area contributed by atoms with Gasteiger partial charge < -0.3 is 11.1 Å². The van der Waals surface area contributed by atoms with Crippen molar-refractivity contribution in [3.05, 3.63) is 47.5 Å². The molecule has 0 saturated carbocycles. The molecule has 3 nitrogen and oxygen atoms in total. The molecule has 0 aliphatic heterocycles. The van der Waals surface area contributed by atoms with Crippen molar-refractivity contribution in [1.29, 1.82) is 0 Å². The van der Waals surface area contributed by atoms with Crippen LogP contribution in [0, 0.1) is 0 Å². The number of allylic oxidation sites excluding steroid dienone is 1. The molecule has 0 spiro atoms. The molecule has 0 saturated heterocycles. The molecule has 0 radical (unpaired) electrons. The summed E-state index contributed by atoms with van der Waals surface area (Å²) in [6.07, 6.45) is 7.79. The maximum Gasteiger partial charge on any atom is 0.249 e. The number of rotatable bonds is 4. The zero-order valence-corrected chi connectivity index (χ0v) is 9.86. The monoisotopic (exact) mass is 230 g/mol. The Balaban J connectivity index is 1.98. The Morgan fingerprint density at radius 2 is 2.18 bits per heavy atom. The Labute approximate surface area is 102 Å². The van der Waals surface area contributed by atoms with Gasteiger partial charge in [0, 0.05) is 18.2 Å². The van der Waals surface area contributed by atoms with Crippen molar-refractivity contribution in [2.45, 2.75) is 31.8 Å². The standard InChI is InChI=1S/C14H18N2O/c15-14(17)13-9-5-4-6-11(13)10-16-12-7-2-1-3-8-12/h1-2,4-6,9,12,16H,3,7-8,10H2,(H2,15,17). The van der Waals surface area contributed by atoms with E-state index in [1.165, 1.54) is 0 Å². The Bertz CT molecular complexity index is 426. The fourth-order valence-electron chi connectivity index (χ4n) is 2.15. The lowest BCUT2D eigenvalue weighted by atomic mass is 10.0. The molecule has 1 unspecified atom stereocenters. The fourth-order valence-corrected chi connectivity index (χ4v) is 2.15. The van der Waals surface area contributed by atoms with Crippen molar-refractivity contribution >= 4 is 5.91 Å². The van der Waals surface area contributed by atoms with Crippen LogP contribution in [-0.4, -0.2) is 11.9 Å². The van der Waals surface area contributed by atoms with E-state index in [1.807, 2.05) is 18.2 Å². The van der Waals surface area contributed by atoms with E-state index >= 15 is 0 Å². The average molecular weight is 230 g/mol. The van der Waals surface area contributed by atoms with Crippen molar-refractivity contribution in [2.75, 3.05) is 0 Å². The number of carbonyl (C=O) groups excluding carboxylic acids is 1. The molecule has 1 aliphatic rings. The Kier molecular flexibility index (Phi) is 3.94. The van der Waals surface area contributed by atoms with Gasteiger partial charge in [0.2, 0.25) is 5.91 Å². The molecule has 1 aliphatic carbocycles. The van der Waals surface area contributed by atoms with Gasteiger partial charge in [0.1, 0.15) is 0 Å². The van der Waals surface area contributed by atoms with Crippen LogP contribution in [0.1, 0.15) is 35.2 Å². The normalized spacial score (nSPS) is 19.2. The van der Waals surface area contributed by atoms with Crippen molar-refractivity contribution < 1.29 is 4.79 Å². The molecule has 0 fully saturated rings. The molecule has 0 aromatic heterocycles. The smallest absolute Gasteiger partial charge is 0.249 e. The summed E-state index contributed by atoms with van der Waals surface area (Å²) in [4.78, 5) is 11.3. The van der Waals surface area contributed by atoms with Gasteiger partial charge in [-0.3, -0.25) is 4.79 Å². The van der Waals surface area contributed by atoms with Gasteiger partial charge in [0.05, 0.1) is 0 Å². The summed E-state index contributed by atoms with van der Waals surface area (Å²) in [5.74, 6) is -0.356. The Hall–Kier alpha value is -1.61. The summed E-state index contributed by atoms with van der Waals surface area (Å²) >= 11 is 0. The molecule has 0 bridgehead atoms. The van der Waals surface area contributed by atoms with Crippen molar-refractivity contribution in [3.63, 3.8) is 0 Å². The van der Waals surface area contributed by atoms with Crippen LogP contribution in [0.2, 0.25) is 0 Å². The zero-order chi connectivity index (χ0) is 12.1. The minimum Gasteiger partial charge on any atom is -0.366 e. The molecule has 3 N–H and O–H groups in total. The predicted octanol–water partition coefficient (Wildman–Crippen LogP) is 1.98. The van der Waals surface area contributed by atoms with Crippen LogP contribution in [0.5, 0.6) is 0 Å². The summed E-state index contributed by atoms with van der Waals surface area (Å²) in [6, 6.07) is 8.02. The van der Waals surface area contributed by atoms with E-state index in [9.17, 15) is 4.79 Å². The molecule has 3 heteroatoms. The first kappa shape index (κ1) is 11.9. The van der Waals surface area contributed by atoms with E-state index in [-0.39, 0.29) is 5.91 Å². The topological polar surface area (TPSA) is 55.1 Å². The predicted molar refractivity (Wildman–Crippen MR) is 68.6 cm³/mol. The molecule has 90 valence electrons. The quantitative estimate of drug-likeness (QED) is 0.777. The number of primary amides is 1. The van der Waals surface area contributed by atoms with Crippen molar-refractivity contribution in [3.8, 4) is 0 Å². The zero-order valence-electron chi connectivity index (χ0n) is 9.86. The van der Waals surface area contributed by atoms with Gasteiger partial charge in [-0.1, -0.05) is 30.4 Å². The first-order valence-corrected chi connectivity index (χ1v) is 6.03. The summed E-state index contributed by atoms with van der Waals surface area (Å²) < 4.78 is 0. The van der Waals surface area contributed by atoms with Crippen molar-refractivity contribution in [1.82, 2.24) is 5.32 Å². The lowest BCUT2D eigenvalue weighted by Gasteiger charge is -2.20. The molecular formula is C14H18N2O. The molecule has 1 atom stereocenters. The van der Waals surface area contributed by atoms with Gasteiger partial charge in [0.25, 0.3) is 0 Å². The first-order chi connectivity index (χ1) is 8.27. The van der Waals surface area contributed by atoms with Gasteiger partial charge in [-0.15, -0.1) is 0 Å². The van der Waals surface area contributed by atoms with Crippen molar-refractivity contribution in [2.24, 2.45) is 5.73 Å². The van der Waals surface area contributed by atoms with Crippen LogP contribution in [-0.2, 0) is 6.54 Å². The van der Waals surface area contributed by atoms with E-state index < -0.39 is 0 Å². The van der Waals surface area contributed by atoms with E-state index in [0.29, 0.717) is 18.2 Å². The van der Waals surface area contributed by atoms with E-state index in [4.69, 9.17) is 5.73 Å². The van der Waals surface area contributed by atoms with Gasteiger partial charge in [-0.2, -0.15) is 0 Å². The maximum absolute atomic E-state index is 11.3. The minimum atomic E-state index is -0.356. The number of carbonyl (C=O) groups is 1. The van der Waals surface area contributed by atoms with Crippen LogP contribution in [0.4, 0.5) is 0 Å². The van der Waals surface area contributed by atoms with Gasteiger partial charge in [0.15, 0.2) is 0 Å².